The van der Waals surface area contributed by atoms with E-state index in [1.807, 2.05) is 4.68 Å². The standard InChI is InChI=1S/C17H22N4O/c1-12(2)15-10-20(3)16-6-5-13(9-14(15)16)17-18-11-21(19-17)7-8-22-4/h5-6,9-12H,7-8H2,1-4H3. The van der Waals surface area contributed by atoms with Crippen molar-refractivity contribution < 1.29 is 4.74 Å². The van der Waals surface area contributed by atoms with Crippen molar-refractivity contribution in [1.82, 2.24) is 19.3 Å². The second-order valence-corrected chi connectivity index (χ2v) is 5.91. The number of aromatic nitrogens is 4. The molecular formula is C17H22N4O. The van der Waals surface area contributed by atoms with Crippen LogP contribution in [0.2, 0.25) is 0 Å². The Morgan fingerprint density at radius 1 is 1.27 bits per heavy atom. The lowest BCUT2D eigenvalue weighted by atomic mass is 10.0. The van der Waals surface area contributed by atoms with E-state index >= 15 is 0 Å². The zero-order valence-corrected chi connectivity index (χ0v) is 13.6. The van der Waals surface area contributed by atoms with Crippen molar-refractivity contribution in [3.05, 3.63) is 36.3 Å². The van der Waals surface area contributed by atoms with Gasteiger partial charge >= 0.3 is 0 Å². The van der Waals surface area contributed by atoms with Gasteiger partial charge in [0.2, 0.25) is 0 Å². The third-order valence-corrected chi connectivity index (χ3v) is 3.96. The molecule has 1 aromatic carbocycles. The van der Waals surface area contributed by atoms with E-state index < -0.39 is 0 Å². The Kier molecular flexibility index (Phi) is 3.98. The van der Waals surface area contributed by atoms with Crippen molar-refractivity contribution in [2.75, 3.05) is 13.7 Å². The van der Waals surface area contributed by atoms with Gasteiger partial charge in [-0.25, -0.2) is 4.98 Å². The average Bonchev–Trinajstić information content (AvgIpc) is 3.10. The van der Waals surface area contributed by atoms with E-state index in [9.17, 15) is 0 Å². The van der Waals surface area contributed by atoms with E-state index in [1.54, 1.807) is 13.4 Å². The van der Waals surface area contributed by atoms with Crippen molar-refractivity contribution in [3.8, 4) is 11.4 Å². The first kappa shape index (κ1) is 14.8. The minimum atomic E-state index is 0.492. The van der Waals surface area contributed by atoms with Gasteiger partial charge in [0.05, 0.1) is 13.2 Å². The van der Waals surface area contributed by atoms with Gasteiger partial charge in [0.25, 0.3) is 0 Å². The molecule has 0 bridgehead atoms. The van der Waals surface area contributed by atoms with Gasteiger partial charge in [-0.3, -0.25) is 4.68 Å². The van der Waals surface area contributed by atoms with Crippen LogP contribution in [-0.2, 0) is 18.3 Å². The van der Waals surface area contributed by atoms with Gasteiger partial charge in [-0.05, 0) is 29.7 Å². The summed E-state index contributed by atoms with van der Waals surface area (Å²) in [5.74, 6) is 1.25. The Morgan fingerprint density at radius 3 is 2.82 bits per heavy atom. The molecule has 0 aliphatic rings. The topological polar surface area (TPSA) is 44.9 Å². The largest absolute Gasteiger partial charge is 0.383 e. The first-order chi connectivity index (χ1) is 10.6. The van der Waals surface area contributed by atoms with E-state index in [-0.39, 0.29) is 0 Å². The molecule has 0 saturated heterocycles. The summed E-state index contributed by atoms with van der Waals surface area (Å²) in [5, 5.41) is 5.81. The molecule has 2 heterocycles. The zero-order valence-electron chi connectivity index (χ0n) is 13.6. The highest BCUT2D eigenvalue weighted by molar-refractivity contribution is 5.88. The lowest BCUT2D eigenvalue weighted by Gasteiger charge is -2.03. The zero-order chi connectivity index (χ0) is 15.7. The van der Waals surface area contributed by atoms with E-state index in [4.69, 9.17) is 4.74 Å². The highest BCUT2D eigenvalue weighted by Gasteiger charge is 2.12. The number of hydrogen-bond donors (Lipinski definition) is 0. The SMILES string of the molecule is COCCn1cnc(-c2ccc3c(c2)c(C(C)C)cn3C)n1. The second-order valence-electron chi connectivity index (χ2n) is 5.91. The van der Waals surface area contributed by atoms with E-state index in [1.165, 1.54) is 16.5 Å². The van der Waals surface area contributed by atoms with E-state index in [0.29, 0.717) is 19.1 Å². The van der Waals surface area contributed by atoms with Crippen molar-refractivity contribution in [2.24, 2.45) is 7.05 Å². The van der Waals surface area contributed by atoms with Gasteiger partial charge < -0.3 is 9.30 Å². The van der Waals surface area contributed by atoms with Crippen molar-refractivity contribution in [1.29, 1.82) is 0 Å². The molecule has 0 spiro atoms. The van der Waals surface area contributed by atoms with Crippen molar-refractivity contribution >= 4 is 10.9 Å². The number of fused-ring (bicyclic) bond motifs is 1. The molecule has 5 heteroatoms. The van der Waals surface area contributed by atoms with Crippen molar-refractivity contribution in [2.45, 2.75) is 26.3 Å². The van der Waals surface area contributed by atoms with Gasteiger partial charge in [0.1, 0.15) is 6.33 Å². The third kappa shape index (κ3) is 2.64. The van der Waals surface area contributed by atoms with E-state index in [0.717, 1.165) is 11.4 Å². The highest BCUT2D eigenvalue weighted by atomic mass is 16.5. The number of hydrogen-bond acceptors (Lipinski definition) is 3. The van der Waals surface area contributed by atoms with Crippen LogP contribution in [0.1, 0.15) is 25.3 Å². The molecule has 3 aromatic rings. The molecule has 0 radical (unpaired) electrons. The molecule has 0 aliphatic heterocycles. The third-order valence-electron chi connectivity index (χ3n) is 3.96. The van der Waals surface area contributed by atoms with Crippen LogP contribution < -0.4 is 0 Å². The average molecular weight is 298 g/mol. The van der Waals surface area contributed by atoms with Crippen LogP contribution >= 0.6 is 0 Å². The predicted molar refractivity (Wildman–Crippen MR) is 87.9 cm³/mol. The molecule has 2 aromatic heterocycles. The minimum Gasteiger partial charge on any atom is -0.383 e. The van der Waals surface area contributed by atoms with Crippen LogP contribution in [0.4, 0.5) is 0 Å². The summed E-state index contributed by atoms with van der Waals surface area (Å²) < 4.78 is 9.07. The number of aryl methyl sites for hydroxylation is 1. The number of nitrogens with zero attached hydrogens (tertiary/aromatic N) is 4. The predicted octanol–water partition coefficient (Wildman–Crippen LogP) is 3.21. The molecule has 0 N–H and O–H groups in total. The minimum absolute atomic E-state index is 0.492. The first-order valence-electron chi connectivity index (χ1n) is 7.58. The number of ether oxygens (including phenoxy) is 1. The smallest absolute Gasteiger partial charge is 0.181 e. The summed E-state index contributed by atoms with van der Waals surface area (Å²) in [7, 11) is 3.78. The molecule has 0 saturated carbocycles. The Hall–Kier alpha value is -2.14. The highest BCUT2D eigenvalue weighted by Crippen LogP contribution is 2.30. The number of benzene rings is 1. The van der Waals surface area contributed by atoms with Crippen LogP contribution in [0.25, 0.3) is 22.3 Å². The molecule has 116 valence electrons. The first-order valence-corrected chi connectivity index (χ1v) is 7.58. The van der Waals surface area contributed by atoms with Crippen LogP contribution in [0.5, 0.6) is 0 Å². The monoisotopic (exact) mass is 298 g/mol. The normalized spacial score (nSPS) is 11.7. The summed E-state index contributed by atoms with van der Waals surface area (Å²) in [4.78, 5) is 4.42. The fourth-order valence-electron chi connectivity index (χ4n) is 2.74. The van der Waals surface area contributed by atoms with Gasteiger partial charge in [-0.15, -0.1) is 0 Å². The number of methoxy groups -OCH3 is 1. The molecule has 0 unspecified atom stereocenters. The van der Waals surface area contributed by atoms with Crippen LogP contribution in [-0.4, -0.2) is 33.0 Å². The molecular weight excluding hydrogens is 276 g/mol. The molecule has 0 amide bonds. The quantitative estimate of drug-likeness (QED) is 0.726. The fraction of sp³-hybridized carbons (Fsp3) is 0.412. The number of rotatable bonds is 5. The maximum Gasteiger partial charge on any atom is 0.181 e. The fourth-order valence-corrected chi connectivity index (χ4v) is 2.74. The van der Waals surface area contributed by atoms with Crippen LogP contribution in [0.3, 0.4) is 0 Å². The van der Waals surface area contributed by atoms with E-state index in [2.05, 4.69) is 59.9 Å². The summed E-state index contributed by atoms with van der Waals surface area (Å²) in [6.07, 6.45) is 3.97. The molecule has 22 heavy (non-hydrogen) atoms. The molecule has 0 atom stereocenters. The Labute approximate surface area is 130 Å². The van der Waals surface area contributed by atoms with Gasteiger partial charge in [0, 0.05) is 36.8 Å². The summed E-state index contributed by atoms with van der Waals surface area (Å²) in [6.45, 7) is 5.80. The molecule has 5 nitrogen and oxygen atoms in total. The van der Waals surface area contributed by atoms with Crippen LogP contribution in [0.15, 0.2) is 30.7 Å². The van der Waals surface area contributed by atoms with Crippen molar-refractivity contribution in [3.63, 3.8) is 0 Å². The molecule has 0 fully saturated rings. The summed E-state index contributed by atoms with van der Waals surface area (Å²) in [5.41, 5.74) is 3.65. The molecule has 0 aliphatic carbocycles. The van der Waals surface area contributed by atoms with Crippen LogP contribution in [0, 0.1) is 0 Å². The Morgan fingerprint density at radius 2 is 2.09 bits per heavy atom. The Bertz CT molecular complexity index is 785. The lowest BCUT2D eigenvalue weighted by molar-refractivity contribution is 0.183. The van der Waals surface area contributed by atoms with Gasteiger partial charge in [-0.1, -0.05) is 13.8 Å². The van der Waals surface area contributed by atoms with Gasteiger partial charge in [0.15, 0.2) is 5.82 Å². The molecule has 3 rings (SSSR count). The summed E-state index contributed by atoms with van der Waals surface area (Å²) in [6, 6.07) is 6.43. The maximum absolute atomic E-state index is 5.07. The maximum atomic E-state index is 5.07. The lowest BCUT2D eigenvalue weighted by Crippen LogP contribution is -2.04. The van der Waals surface area contributed by atoms with Gasteiger partial charge in [-0.2, -0.15) is 5.10 Å². The summed E-state index contributed by atoms with van der Waals surface area (Å²) >= 11 is 0. The Balaban J connectivity index is 2.00. The second kappa shape index (κ2) is 5.93.